The Labute approximate surface area is 101 Å². The van der Waals surface area contributed by atoms with E-state index in [4.69, 9.17) is 21.1 Å². The van der Waals surface area contributed by atoms with Gasteiger partial charge in [0.05, 0.1) is 19.3 Å². The lowest BCUT2D eigenvalue weighted by molar-refractivity contribution is 0.0592. The standard InChI is InChI=1S/C12H16ClNO2/c1-9-6-11(2-3-12(9)13)16-8-10-7-15-5-4-14-10/h2-3,6,10,14H,4-5,7-8H2,1H3. The number of benzene rings is 1. The third kappa shape index (κ3) is 3.11. The zero-order chi connectivity index (χ0) is 11.4. The van der Waals surface area contributed by atoms with E-state index in [1.54, 1.807) is 0 Å². The third-order valence-corrected chi connectivity index (χ3v) is 3.00. The van der Waals surface area contributed by atoms with Crippen LogP contribution >= 0.6 is 11.6 Å². The van der Waals surface area contributed by atoms with Crippen molar-refractivity contribution in [2.45, 2.75) is 13.0 Å². The molecule has 16 heavy (non-hydrogen) atoms. The van der Waals surface area contributed by atoms with E-state index < -0.39 is 0 Å². The Morgan fingerprint density at radius 1 is 1.56 bits per heavy atom. The average Bonchev–Trinajstić information content (AvgIpc) is 2.32. The summed E-state index contributed by atoms with van der Waals surface area (Å²) in [4.78, 5) is 0. The predicted molar refractivity (Wildman–Crippen MR) is 64.3 cm³/mol. The second kappa shape index (κ2) is 5.53. The maximum atomic E-state index is 5.94. The molecule has 0 radical (unpaired) electrons. The monoisotopic (exact) mass is 241 g/mol. The SMILES string of the molecule is Cc1cc(OCC2COCCN2)ccc1Cl. The molecule has 1 heterocycles. The molecular formula is C12H16ClNO2. The van der Waals surface area contributed by atoms with E-state index in [-0.39, 0.29) is 6.04 Å². The molecule has 1 aromatic carbocycles. The van der Waals surface area contributed by atoms with Crippen molar-refractivity contribution in [2.75, 3.05) is 26.4 Å². The summed E-state index contributed by atoms with van der Waals surface area (Å²) in [6, 6.07) is 5.98. The number of hydrogen-bond donors (Lipinski definition) is 1. The summed E-state index contributed by atoms with van der Waals surface area (Å²) in [5.41, 5.74) is 1.03. The first kappa shape index (κ1) is 11.7. The molecule has 1 aliphatic rings. The molecule has 1 aliphatic heterocycles. The fraction of sp³-hybridized carbons (Fsp3) is 0.500. The van der Waals surface area contributed by atoms with Gasteiger partial charge in [0.25, 0.3) is 0 Å². The van der Waals surface area contributed by atoms with Crippen LogP contribution < -0.4 is 10.1 Å². The second-order valence-electron chi connectivity index (χ2n) is 3.95. The summed E-state index contributed by atoms with van der Waals surface area (Å²) in [5.74, 6) is 0.856. The predicted octanol–water partition coefficient (Wildman–Crippen LogP) is 2.02. The minimum atomic E-state index is 0.282. The first-order valence-electron chi connectivity index (χ1n) is 5.46. The number of aryl methyl sites for hydroxylation is 1. The van der Waals surface area contributed by atoms with Crippen LogP contribution in [0.3, 0.4) is 0 Å². The molecule has 0 spiro atoms. The highest BCUT2D eigenvalue weighted by molar-refractivity contribution is 6.31. The van der Waals surface area contributed by atoms with Crippen molar-refractivity contribution in [3.05, 3.63) is 28.8 Å². The topological polar surface area (TPSA) is 30.5 Å². The number of morpholine rings is 1. The van der Waals surface area contributed by atoms with Crippen molar-refractivity contribution in [1.82, 2.24) is 5.32 Å². The zero-order valence-electron chi connectivity index (χ0n) is 9.33. The molecule has 0 aromatic heterocycles. The van der Waals surface area contributed by atoms with Crippen LogP contribution in [-0.2, 0) is 4.74 Å². The van der Waals surface area contributed by atoms with E-state index in [2.05, 4.69) is 5.32 Å². The van der Waals surface area contributed by atoms with Gasteiger partial charge in [-0.2, -0.15) is 0 Å². The van der Waals surface area contributed by atoms with E-state index in [9.17, 15) is 0 Å². The lowest BCUT2D eigenvalue weighted by atomic mass is 10.2. The van der Waals surface area contributed by atoms with Gasteiger partial charge in [0.2, 0.25) is 0 Å². The van der Waals surface area contributed by atoms with Crippen molar-refractivity contribution in [1.29, 1.82) is 0 Å². The summed E-state index contributed by atoms with van der Waals surface area (Å²) in [6.07, 6.45) is 0. The number of hydrogen-bond acceptors (Lipinski definition) is 3. The number of rotatable bonds is 3. The van der Waals surface area contributed by atoms with E-state index in [1.165, 1.54) is 0 Å². The molecule has 0 saturated carbocycles. The molecule has 1 saturated heterocycles. The average molecular weight is 242 g/mol. The lowest BCUT2D eigenvalue weighted by Crippen LogP contribution is -2.44. The van der Waals surface area contributed by atoms with Gasteiger partial charge in [-0.25, -0.2) is 0 Å². The van der Waals surface area contributed by atoms with Crippen LogP contribution in [0.15, 0.2) is 18.2 Å². The smallest absolute Gasteiger partial charge is 0.119 e. The zero-order valence-corrected chi connectivity index (χ0v) is 10.1. The van der Waals surface area contributed by atoms with Gasteiger partial charge in [-0.1, -0.05) is 11.6 Å². The molecule has 2 rings (SSSR count). The molecule has 0 bridgehead atoms. The fourth-order valence-electron chi connectivity index (χ4n) is 1.63. The largest absolute Gasteiger partial charge is 0.492 e. The highest BCUT2D eigenvalue weighted by atomic mass is 35.5. The van der Waals surface area contributed by atoms with E-state index in [1.807, 2.05) is 25.1 Å². The Morgan fingerprint density at radius 3 is 3.12 bits per heavy atom. The van der Waals surface area contributed by atoms with Gasteiger partial charge in [-0.3, -0.25) is 0 Å². The fourth-order valence-corrected chi connectivity index (χ4v) is 1.75. The van der Waals surface area contributed by atoms with Gasteiger partial charge >= 0.3 is 0 Å². The number of halogens is 1. The molecule has 0 aliphatic carbocycles. The molecule has 1 atom stereocenters. The Kier molecular flexibility index (Phi) is 4.04. The molecule has 1 aromatic rings. The molecule has 1 fully saturated rings. The normalized spacial score (nSPS) is 20.8. The first-order valence-corrected chi connectivity index (χ1v) is 5.83. The molecule has 4 heteroatoms. The minimum absolute atomic E-state index is 0.282. The quantitative estimate of drug-likeness (QED) is 0.878. The number of ether oxygens (including phenoxy) is 2. The van der Waals surface area contributed by atoms with Crippen LogP contribution in [-0.4, -0.2) is 32.4 Å². The van der Waals surface area contributed by atoms with Crippen molar-refractivity contribution in [3.63, 3.8) is 0 Å². The van der Waals surface area contributed by atoms with Crippen LogP contribution in [0.4, 0.5) is 0 Å². The van der Waals surface area contributed by atoms with Crippen LogP contribution in [0.1, 0.15) is 5.56 Å². The van der Waals surface area contributed by atoms with Crippen LogP contribution in [0.25, 0.3) is 0 Å². The minimum Gasteiger partial charge on any atom is -0.492 e. The summed E-state index contributed by atoms with van der Waals surface area (Å²) in [5, 5.41) is 4.11. The van der Waals surface area contributed by atoms with Crippen molar-refractivity contribution in [3.8, 4) is 5.75 Å². The summed E-state index contributed by atoms with van der Waals surface area (Å²) < 4.78 is 11.0. The van der Waals surface area contributed by atoms with Gasteiger partial charge in [-0.05, 0) is 30.7 Å². The third-order valence-electron chi connectivity index (χ3n) is 2.58. The highest BCUT2D eigenvalue weighted by Crippen LogP contribution is 2.21. The van der Waals surface area contributed by atoms with Gasteiger partial charge in [0, 0.05) is 11.6 Å². The van der Waals surface area contributed by atoms with Gasteiger partial charge in [0.15, 0.2) is 0 Å². The van der Waals surface area contributed by atoms with E-state index >= 15 is 0 Å². The summed E-state index contributed by atoms with van der Waals surface area (Å²) >= 11 is 5.94. The van der Waals surface area contributed by atoms with E-state index in [0.29, 0.717) is 13.2 Å². The number of nitrogens with one attached hydrogen (secondary N) is 1. The van der Waals surface area contributed by atoms with E-state index in [0.717, 1.165) is 29.5 Å². The first-order chi connectivity index (χ1) is 7.75. The van der Waals surface area contributed by atoms with Crippen LogP contribution in [0.2, 0.25) is 5.02 Å². The maximum absolute atomic E-state index is 5.94. The summed E-state index contributed by atoms with van der Waals surface area (Å²) in [7, 11) is 0. The Balaban J connectivity index is 1.86. The van der Waals surface area contributed by atoms with Crippen LogP contribution in [0.5, 0.6) is 5.75 Å². The van der Waals surface area contributed by atoms with Crippen LogP contribution in [0, 0.1) is 6.92 Å². The van der Waals surface area contributed by atoms with Gasteiger partial charge in [-0.15, -0.1) is 0 Å². The second-order valence-corrected chi connectivity index (χ2v) is 4.36. The Hall–Kier alpha value is -0.770. The molecule has 1 unspecified atom stereocenters. The lowest BCUT2D eigenvalue weighted by Gasteiger charge is -2.23. The molecule has 3 nitrogen and oxygen atoms in total. The Morgan fingerprint density at radius 2 is 2.44 bits per heavy atom. The van der Waals surface area contributed by atoms with Gasteiger partial charge < -0.3 is 14.8 Å². The van der Waals surface area contributed by atoms with Crippen molar-refractivity contribution in [2.24, 2.45) is 0 Å². The van der Waals surface area contributed by atoms with Gasteiger partial charge in [0.1, 0.15) is 12.4 Å². The highest BCUT2D eigenvalue weighted by Gasteiger charge is 2.13. The molecular weight excluding hydrogens is 226 g/mol. The molecule has 88 valence electrons. The van der Waals surface area contributed by atoms with Crippen molar-refractivity contribution < 1.29 is 9.47 Å². The molecule has 0 amide bonds. The summed E-state index contributed by atoms with van der Waals surface area (Å²) in [6.45, 7) is 5.00. The van der Waals surface area contributed by atoms with Crippen molar-refractivity contribution >= 4 is 11.6 Å². The molecule has 1 N–H and O–H groups in total. The maximum Gasteiger partial charge on any atom is 0.119 e. The Bertz CT molecular complexity index is 351.